The fourth-order valence-electron chi connectivity index (χ4n) is 1.90. The first-order valence-corrected chi connectivity index (χ1v) is 6.44. The second-order valence-electron chi connectivity index (χ2n) is 4.75. The molecule has 1 aliphatic carbocycles. The van der Waals surface area contributed by atoms with Crippen LogP contribution in [0.5, 0.6) is 0 Å². The van der Waals surface area contributed by atoms with E-state index in [0.29, 0.717) is 0 Å². The molecular formula is C13H24N2O. The highest BCUT2D eigenvalue weighted by Gasteiger charge is 2.24. The molecule has 16 heavy (non-hydrogen) atoms. The minimum atomic E-state index is -0.347. The van der Waals surface area contributed by atoms with E-state index in [0.717, 1.165) is 38.4 Å². The average Bonchev–Trinajstić information content (AvgIpc) is 3.13. The van der Waals surface area contributed by atoms with Crippen LogP contribution < -0.4 is 5.32 Å². The largest absolute Gasteiger partial charge is 0.381 e. The van der Waals surface area contributed by atoms with E-state index in [4.69, 9.17) is 10.00 Å². The molecule has 1 N–H and O–H groups in total. The first-order valence-electron chi connectivity index (χ1n) is 6.44. The molecule has 0 radical (unpaired) electrons. The van der Waals surface area contributed by atoms with Gasteiger partial charge < -0.3 is 10.1 Å². The first-order chi connectivity index (χ1) is 7.76. The van der Waals surface area contributed by atoms with E-state index in [-0.39, 0.29) is 5.54 Å². The SMILES string of the molecule is CCC(C#N)(CCCOCCC1CC1)NC. The zero-order valence-corrected chi connectivity index (χ0v) is 10.6. The summed E-state index contributed by atoms with van der Waals surface area (Å²) in [7, 11) is 1.86. The third-order valence-electron chi connectivity index (χ3n) is 3.56. The number of rotatable bonds is 9. The predicted octanol–water partition coefficient (Wildman–Crippen LogP) is 2.48. The Balaban J connectivity index is 2.01. The van der Waals surface area contributed by atoms with E-state index in [1.165, 1.54) is 19.3 Å². The molecule has 0 aromatic carbocycles. The molecule has 3 nitrogen and oxygen atoms in total. The van der Waals surface area contributed by atoms with Crippen LogP contribution in [0.4, 0.5) is 0 Å². The standard InChI is InChI=1S/C13H24N2O/c1-3-13(11-14,15-2)8-4-9-16-10-7-12-5-6-12/h12,15H,3-10H2,1-2H3. The van der Waals surface area contributed by atoms with E-state index in [2.05, 4.69) is 11.4 Å². The predicted molar refractivity (Wildman–Crippen MR) is 65.1 cm³/mol. The molecule has 0 spiro atoms. The lowest BCUT2D eigenvalue weighted by molar-refractivity contribution is 0.120. The maximum absolute atomic E-state index is 9.11. The zero-order chi connectivity index (χ0) is 11.9. The summed E-state index contributed by atoms with van der Waals surface area (Å²) in [4.78, 5) is 0. The highest BCUT2D eigenvalue weighted by molar-refractivity contribution is 5.05. The van der Waals surface area contributed by atoms with Gasteiger partial charge >= 0.3 is 0 Å². The Morgan fingerprint density at radius 1 is 1.44 bits per heavy atom. The number of ether oxygens (including phenoxy) is 1. The molecule has 0 heterocycles. The molecule has 0 aliphatic heterocycles. The van der Waals surface area contributed by atoms with Crippen LogP contribution in [0.2, 0.25) is 0 Å². The van der Waals surface area contributed by atoms with Gasteiger partial charge in [0.2, 0.25) is 0 Å². The molecule has 0 saturated heterocycles. The smallest absolute Gasteiger partial charge is 0.106 e. The van der Waals surface area contributed by atoms with Crippen molar-refractivity contribution in [3.63, 3.8) is 0 Å². The first kappa shape index (κ1) is 13.5. The van der Waals surface area contributed by atoms with Gasteiger partial charge in [-0.25, -0.2) is 0 Å². The van der Waals surface area contributed by atoms with Crippen molar-refractivity contribution >= 4 is 0 Å². The average molecular weight is 224 g/mol. The normalized spacial score (nSPS) is 19.1. The summed E-state index contributed by atoms with van der Waals surface area (Å²) in [6.45, 7) is 3.74. The van der Waals surface area contributed by atoms with Gasteiger partial charge in [-0.05, 0) is 38.6 Å². The van der Waals surface area contributed by atoms with E-state index in [1.807, 2.05) is 14.0 Å². The third kappa shape index (κ3) is 4.51. The number of hydrogen-bond acceptors (Lipinski definition) is 3. The molecule has 1 fully saturated rings. The van der Waals surface area contributed by atoms with Gasteiger partial charge in [-0.2, -0.15) is 5.26 Å². The lowest BCUT2D eigenvalue weighted by Gasteiger charge is -2.24. The van der Waals surface area contributed by atoms with Gasteiger partial charge in [0.05, 0.1) is 6.07 Å². The number of nitrogens with zero attached hydrogens (tertiary/aromatic N) is 1. The van der Waals surface area contributed by atoms with E-state index < -0.39 is 0 Å². The minimum absolute atomic E-state index is 0.347. The fourth-order valence-corrected chi connectivity index (χ4v) is 1.90. The van der Waals surface area contributed by atoms with Gasteiger partial charge in [0.25, 0.3) is 0 Å². The van der Waals surface area contributed by atoms with Crippen molar-refractivity contribution in [2.45, 2.75) is 51.0 Å². The van der Waals surface area contributed by atoms with Crippen LogP contribution in [0, 0.1) is 17.2 Å². The van der Waals surface area contributed by atoms with Crippen LogP contribution in [-0.4, -0.2) is 25.8 Å². The fraction of sp³-hybridized carbons (Fsp3) is 0.923. The minimum Gasteiger partial charge on any atom is -0.381 e. The van der Waals surface area contributed by atoms with E-state index in [9.17, 15) is 0 Å². The summed E-state index contributed by atoms with van der Waals surface area (Å²) in [6, 6.07) is 2.37. The Labute approximate surface area is 99.2 Å². The maximum Gasteiger partial charge on any atom is 0.106 e. The van der Waals surface area contributed by atoms with Crippen LogP contribution in [0.25, 0.3) is 0 Å². The molecule has 0 amide bonds. The lowest BCUT2D eigenvalue weighted by Crippen LogP contribution is -2.40. The third-order valence-corrected chi connectivity index (χ3v) is 3.56. The second-order valence-corrected chi connectivity index (χ2v) is 4.75. The van der Waals surface area contributed by atoms with Gasteiger partial charge in [-0.15, -0.1) is 0 Å². The van der Waals surface area contributed by atoms with E-state index in [1.54, 1.807) is 0 Å². The molecule has 3 heteroatoms. The Hall–Kier alpha value is -0.590. The van der Waals surface area contributed by atoms with Crippen molar-refractivity contribution in [1.82, 2.24) is 5.32 Å². The molecule has 1 atom stereocenters. The topological polar surface area (TPSA) is 45.0 Å². The summed E-state index contributed by atoms with van der Waals surface area (Å²) in [5, 5.41) is 12.2. The Morgan fingerprint density at radius 2 is 2.19 bits per heavy atom. The summed E-state index contributed by atoms with van der Waals surface area (Å²) < 4.78 is 5.58. The van der Waals surface area contributed by atoms with Crippen LogP contribution >= 0.6 is 0 Å². The summed E-state index contributed by atoms with van der Waals surface area (Å²) in [5.41, 5.74) is -0.347. The van der Waals surface area contributed by atoms with Gasteiger partial charge in [0.15, 0.2) is 0 Å². The Kier molecular flexibility index (Phi) is 5.79. The van der Waals surface area contributed by atoms with Crippen molar-refractivity contribution in [3.8, 4) is 6.07 Å². The van der Waals surface area contributed by atoms with Crippen LogP contribution in [-0.2, 0) is 4.74 Å². The van der Waals surface area contributed by atoms with E-state index >= 15 is 0 Å². The van der Waals surface area contributed by atoms with Crippen molar-refractivity contribution in [1.29, 1.82) is 5.26 Å². The Morgan fingerprint density at radius 3 is 2.69 bits per heavy atom. The quantitative estimate of drug-likeness (QED) is 0.612. The molecule has 0 aromatic heterocycles. The Bertz CT molecular complexity index is 227. The maximum atomic E-state index is 9.11. The van der Waals surface area contributed by atoms with Gasteiger partial charge in [0, 0.05) is 13.2 Å². The molecule has 1 aliphatic rings. The summed E-state index contributed by atoms with van der Waals surface area (Å²) in [6.07, 6.45) is 6.71. The lowest BCUT2D eigenvalue weighted by atomic mass is 9.92. The number of hydrogen-bond donors (Lipinski definition) is 1. The highest BCUT2D eigenvalue weighted by Crippen LogP contribution is 2.32. The van der Waals surface area contributed by atoms with Crippen LogP contribution in [0.15, 0.2) is 0 Å². The molecule has 0 aromatic rings. The second kappa shape index (κ2) is 6.88. The van der Waals surface area contributed by atoms with Crippen molar-refractivity contribution in [2.75, 3.05) is 20.3 Å². The molecule has 1 unspecified atom stereocenters. The zero-order valence-electron chi connectivity index (χ0n) is 10.6. The number of nitriles is 1. The van der Waals surface area contributed by atoms with Gasteiger partial charge in [0.1, 0.15) is 5.54 Å². The molecule has 1 saturated carbocycles. The van der Waals surface area contributed by atoms with Crippen molar-refractivity contribution in [3.05, 3.63) is 0 Å². The van der Waals surface area contributed by atoms with Crippen molar-refractivity contribution < 1.29 is 4.74 Å². The molecule has 1 rings (SSSR count). The van der Waals surface area contributed by atoms with Crippen molar-refractivity contribution in [2.24, 2.45) is 5.92 Å². The van der Waals surface area contributed by atoms with Gasteiger partial charge in [-0.3, -0.25) is 0 Å². The summed E-state index contributed by atoms with van der Waals surface area (Å²) in [5.74, 6) is 0.950. The van der Waals surface area contributed by atoms with Crippen LogP contribution in [0.3, 0.4) is 0 Å². The monoisotopic (exact) mass is 224 g/mol. The number of nitrogens with one attached hydrogen (secondary N) is 1. The van der Waals surface area contributed by atoms with Gasteiger partial charge in [-0.1, -0.05) is 19.8 Å². The highest BCUT2D eigenvalue weighted by atomic mass is 16.5. The van der Waals surface area contributed by atoms with Crippen LogP contribution in [0.1, 0.15) is 45.4 Å². The molecular weight excluding hydrogens is 200 g/mol. The summed E-state index contributed by atoms with van der Waals surface area (Å²) >= 11 is 0. The molecule has 0 bridgehead atoms. The molecule has 92 valence electrons.